The van der Waals surface area contributed by atoms with Crippen molar-refractivity contribution in [3.8, 4) is 0 Å². The first-order valence-electron chi connectivity index (χ1n) is 7.90. The molecule has 0 saturated carbocycles. The van der Waals surface area contributed by atoms with Gasteiger partial charge in [-0.25, -0.2) is 9.67 Å². The number of rotatable bonds is 4. The summed E-state index contributed by atoms with van der Waals surface area (Å²) in [5, 5.41) is 12.0. The van der Waals surface area contributed by atoms with Crippen LogP contribution in [0, 0.1) is 13.8 Å². The molecular weight excluding hydrogens is 389 g/mol. The highest BCUT2D eigenvalue weighted by molar-refractivity contribution is 7.80. The molecule has 1 heterocycles. The molecule has 0 atom stereocenters. The van der Waals surface area contributed by atoms with Crippen LogP contribution in [0.25, 0.3) is 0 Å². The van der Waals surface area contributed by atoms with Crippen molar-refractivity contribution in [1.82, 2.24) is 14.8 Å². The molecule has 0 radical (unpaired) electrons. The molecule has 2 aromatic carbocycles. The van der Waals surface area contributed by atoms with E-state index >= 15 is 0 Å². The van der Waals surface area contributed by atoms with Gasteiger partial charge in [-0.3, -0.25) is 5.32 Å². The van der Waals surface area contributed by atoms with Crippen LogP contribution in [0.1, 0.15) is 16.7 Å². The van der Waals surface area contributed by atoms with E-state index < -0.39 is 0 Å². The zero-order chi connectivity index (χ0) is 18.7. The van der Waals surface area contributed by atoms with Gasteiger partial charge in [-0.15, -0.1) is 5.10 Å². The van der Waals surface area contributed by atoms with Gasteiger partial charge in [0.15, 0.2) is 5.11 Å². The van der Waals surface area contributed by atoms with Crippen molar-refractivity contribution in [3.05, 3.63) is 69.5 Å². The lowest BCUT2D eigenvalue weighted by Crippen LogP contribution is -2.20. The van der Waals surface area contributed by atoms with Crippen LogP contribution < -0.4 is 10.6 Å². The summed E-state index contributed by atoms with van der Waals surface area (Å²) in [7, 11) is 0. The number of benzene rings is 2. The van der Waals surface area contributed by atoms with E-state index in [1.165, 1.54) is 11.1 Å². The molecule has 0 aliphatic rings. The molecular formula is C18H17Cl2N5S. The molecule has 26 heavy (non-hydrogen) atoms. The molecule has 0 aliphatic heterocycles. The number of nitrogens with zero attached hydrogens (tertiary/aromatic N) is 3. The number of halogens is 2. The fourth-order valence-electron chi connectivity index (χ4n) is 2.36. The van der Waals surface area contributed by atoms with E-state index in [0.29, 0.717) is 27.7 Å². The van der Waals surface area contributed by atoms with E-state index in [9.17, 15) is 0 Å². The Bertz CT molecular complexity index is 934. The van der Waals surface area contributed by atoms with Crippen molar-refractivity contribution >= 4 is 52.2 Å². The molecule has 0 amide bonds. The molecule has 0 bridgehead atoms. The molecule has 0 fully saturated rings. The first kappa shape index (κ1) is 18.6. The highest BCUT2D eigenvalue weighted by Crippen LogP contribution is 2.25. The van der Waals surface area contributed by atoms with Gasteiger partial charge in [0.05, 0.1) is 6.54 Å². The Labute approximate surface area is 167 Å². The highest BCUT2D eigenvalue weighted by atomic mass is 35.5. The largest absolute Gasteiger partial charge is 0.332 e. The molecule has 0 aliphatic carbocycles. The summed E-state index contributed by atoms with van der Waals surface area (Å²) in [4.78, 5) is 4.21. The predicted molar refractivity (Wildman–Crippen MR) is 111 cm³/mol. The molecule has 1 aromatic heterocycles. The summed E-state index contributed by atoms with van der Waals surface area (Å²) in [6.45, 7) is 4.54. The number of aryl methyl sites for hydroxylation is 2. The fraction of sp³-hybridized carbons (Fsp3) is 0.167. The van der Waals surface area contributed by atoms with Gasteiger partial charge in [0.1, 0.15) is 6.33 Å². The van der Waals surface area contributed by atoms with Crippen LogP contribution in [0.2, 0.25) is 10.0 Å². The lowest BCUT2D eigenvalue weighted by Gasteiger charge is -2.10. The smallest absolute Gasteiger partial charge is 0.248 e. The summed E-state index contributed by atoms with van der Waals surface area (Å²) in [5.41, 5.74) is 4.13. The van der Waals surface area contributed by atoms with Crippen molar-refractivity contribution in [2.75, 3.05) is 10.6 Å². The fourth-order valence-corrected chi connectivity index (χ4v) is 3.08. The van der Waals surface area contributed by atoms with E-state index in [1.807, 2.05) is 18.2 Å². The normalized spacial score (nSPS) is 10.6. The van der Waals surface area contributed by atoms with E-state index in [0.717, 1.165) is 11.3 Å². The molecule has 5 nitrogen and oxygen atoms in total. The van der Waals surface area contributed by atoms with Crippen LogP contribution in [-0.4, -0.2) is 19.9 Å². The molecule has 0 saturated heterocycles. The molecule has 0 unspecified atom stereocenters. The summed E-state index contributed by atoms with van der Waals surface area (Å²) in [6.07, 6.45) is 1.60. The minimum Gasteiger partial charge on any atom is -0.332 e. The number of anilines is 2. The Morgan fingerprint density at radius 3 is 2.50 bits per heavy atom. The zero-order valence-electron chi connectivity index (χ0n) is 14.3. The average molecular weight is 406 g/mol. The van der Waals surface area contributed by atoms with Gasteiger partial charge >= 0.3 is 0 Å². The monoisotopic (exact) mass is 405 g/mol. The standard InChI is InChI=1S/C18H17Cl2N5S/c1-11-6-7-13(8-12(11)2)22-18(26)23-17-21-10-25(24-17)9-14-15(19)4-3-5-16(14)20/h3-8,10H,9H2,1-2H3,(H2,22,23,24,26). The number of hydrogen-bond acceptors (Lipinski definition) is 3. The second kappa shape index (κ2) is 8.03. The first-order chi connectivity index (χ1) is 12.4. The summed E-state index contributed by atoms with van der Waals surface area (Å²) in [6, 6.07) is 11.4. The Hall–Kier alpha value is -2.15. The maximum absolute atomic E-state index is 6.19. The van der Waals surface area contributed by atoms with Crippen molar-refractivity contribution < 1.29 is 0 Å². The van der Waals surface area contributed by atoms with Crippen LogP contribution >= 0.6 is 35.4 Å². The lowest BCUT2D eigenvalue weighted by molar-refractivity contribution is 0.687. The third-order valence-electron chi connectivity index (χ3n) is 3.91. The van der Waals surface area contributed by atoms with Crippen LogP contribution in [0.4, 0.5) is 11.6 Å². The maximum atomic E-state index is 6.19. The summed E-state index contributed by atoms with van der Waals surface area (Å²) >= 11 is 17.7. The van der Waals surface area contributed by atoms with E-state index in [-0.39, 0.29) is 0 Å². The molecule has 2 N–H and O–H groups in total. The summed E-state index contributed by atoms with van der Waals surface area (Å²) < 4.78 is 1.65. The molecule has 8 heteroatoms. The number of hydrogen-bond donors (Lipinski definition) is 2. The van der Waals surface area contributed by atoms with Gasteiger partial charge in [0.2, 0.25) is 5.95 Å². The first-order valence-corrected chi connectivity index (χ1v) is 9.06. The van der Waals surface area contributed by atoms with Gasteiger partial charge in [-0.2, -0.15) is 0 Å². The summed E-state index contributed by atoms with van der Waals surface area (Å²) in [5.74, 6) is 0.398. The lowest BCUT2D eigenvalue weighted by atomic mass is 10.1. The number of thiocarbonyl (C=S) groups is 1. The van der Waals surface area contributed by atoms with Crippen molar-refractivity contribution in [1.29, 1.82) is 0 Å². The van der Waals surface area contributed by atoms with E-state index in [1.54, 1.807) is 29.2 Å². The molecule has 3 rings (SSSR count). The van der Waals surface area contributed by atoms with Gasteiger partial charge < -0.3 is 5.32 Å². The second-order valence-electron chi connectivity index (χ2n) is 5.84. The van der Waals surface area contributed by atoms with E-state index in [4.69, 9.17) is 35.4 Å². The highest BCUT2D eigenvalue weighted by Gasteiger charge is 2.09. The van der Waals surface area contributed by atoms with Gasteiger partial charge in [0, 0.05) is 21.3 Å². The third-order valence-corrected chi connectivity index (χ3v) is 4.82. The van der Waals surface area contributed by atoms with Crippen LogP contribution in [0.3, 0.4) is 0 Å². The topological polar surface area (TPSA) is 54.8 Å². The van der Waals surface area contributed by atoms with Crippen LogP contribution in [0.15, 0.2) is 42.7 Å². The van der Waals surface area contributed by atoms with Crippen molar-refractivity contribution in [2.24, 2.45) is 0 Å². The van der Waals surface area contributed by atoms with E-state index in [2.05, 4.69) is 34.6 Å². The Morgan fingerprint density at radius 2 is 1.81 bits per heavy atom. The quantitative estimate of drug-likeness (QED) is 0.594. The predicted octanol–water partition coefficient (Wildman–Crippen LogP) is 5.06. The Morgan fingerprint density at radius 1 is 1.08 bits per heavy atom. The molecule has 3 aromatic rings. The minimum absolute atomic E-state index is 0.398. The molecule has 0 spiro atoms. The number of nitrogens with one attached hydrogen (secondary N) is 2. The van der Waals surface area contributed by atoms with Gasteiger partial charge in [0.25, 0.3) is 0 Å². The maximum Gasteiger partial charge on any atom is 0.248 e. The van der Waals surface area contributed by atoms with Crippen LogP contribution in [0.5, 0.6) is 0 Å². The molecule has 134 valence electrons. The Balaban J connectivity index is 1.64. The Kier molecular flexibility index (Phi) is 5.76. The second-order valence-corrected chi connectivity index (χ2v) is 7.07. The third kappa shape index (κ3) is 4.52. The van der Waals surface area contributed by atoms with Crippen molar-refractivity contribution in [2.45, 2.75) is 20.4 Å². The van der Waals surface area contributed by atoms with Gasteiger partial charge in [-0.05, 0) is 61.5 Å². The SMILES string of the molecule is Cc1ccc(NC(=S)Nc2ncn(Cc3c(Cl)cccc3Cl)n2)cc1C. The zero-order valence-corrected chi connectivity index (χ0v) is 16.6. The van der Waals surface area contributed by atoms with Crippen molar-refractivity contribution in [3.63, 3.8) is 0 Å². The van der Waals surface area contributed by atoms with Gasteiger partial charge in [-0.1, -0.05) is 35.3 Å². The minimum atomic E-state index is 0.398. The number of aromatic nitrogens is 3. The van der Waals surface area contributed by atoms with Crippen LogP contribution in [-0.2, 0) is 6.54 Å². The average Bonchev–Trinajstić information content (AvgIpc) is 3.01.